The number of furan rings is 1. The quantitative estimate of drug-likeness (QED) is 0.00918. The van der Waals surface area contributed by atoms with Crippen molar-refractivity contribution in [1.29, 1.82) is 0 Å². The molecule has 696 valence electrons. The van der Waals surface area contributed by atoms with Crippen molar-refractivity contribution in [1.82, 2.24) is 6.15 Å². The summed E-state index contributed by atoms with van der Waals surface area (Å²) in [7, 11) is 0. The van der Waals surface area contributed by atoms with Crippen LogP contribution in [0.1, 0.15) is 320 Å². The fourth-order valence-electron chi connectivity index (χ4n) is 11.8. The Bertz CT molecular complexity index is 4120. The number of thioether (sulfide) groups is 1. The SMILES string of the molecule is C.C.CCC(=O)c1ccsc1CO.CCC(=O)c1ccsc1COC(C)=O.CCC(O)c1ccsc1.CCC(O)c1ccsc1COC(C)=O.CCC(OC1CCCCO1)c1ccsc1.CCC(OC1CCCCO1)c1ccsc1CO.CCC(OC1CCCCO1)c1ccsc1COC(C)=O.CCc1occ2c1CCS2.N.O.O=Cc1ccsc1.P.S.[3HH]. The summed E-state index contributed by atoms with van der Waals surface area (Å²) in [5.41, 5.74) is 9.04. The molecule has 0 amide bonds. The largest absolute Gasteiger partial charge is 0.468 e. The van der Waals surface area contributed by atoms with Crippen molar-refractivity contribution < 1.29 is 103 Å². The first kappa shape index (κ1) is 120. The topological polar surface area (TPSA) is 346 Å². The zero-order valence-corrected chi connectivity index (χ0v) is 81.5. The number of hydrogen-bond acceptors (Lipinski definition) is 30. The number of esters is 3. The molecule has 22 nitrogen and oxygen atoms in total. The van der Waals surface area contributed by atoms with Gasteiger partial charge in [0.15, 0.2) is 36.7 Å². The number of carbonyl (C=O) groups excluding carboxylic acids is 6. The summed E-state index contributed by atoms with van der Waals surface area (Å²) in [6, 6.07) is 15.4. The molecule has 0 spiro atoms. The highest BCUT2D eigenvalue weighted by Crippen LogP contribution is 2.37. The van der Waals surface area contributed by atoms with Gasteiger partial charge in [0.2, 0.25) is 0 Å². The summed E-state index contributed by atoms with van der Waals surface area (Å²) in [6.45, 7) is 23.5. The van der Waals surface area contributed by atoms with Crippen LogP contribution in [0.15, 0.2) is 123 Å². The number of rotatable bonds is 30. The van der Waals surface area contributed by atoms with Gasteiger partial charge in [-0.15, -0.1) is 68.4 Å². The number of aldehydes is 1. The Morgan fingerprint density at radius 2 is 0.894 bits per heavy atom. The summed E-state index contributed by atoms with van der Waals surface area (Å²) in [6.07, 6.45) is 19.6. The van der Waals surface area contributed by atoms with E-state index in [2.05, 4.69) is 50.6 Å². The van der Waals surface area contributed by atoms with Crippen molar-refractivity contribution in [3.8, 4) is 0 Å². The molecule has 13 rings (SSSR count). The van der Waals surface area contributed by atoms with Crippen LogP contribution < -0.4 is 6.15 Å². The lowest BCUT2D eigenvalue weighted by molar-refractivity contribution is -0.190. The van der Waals surface area contributed by atoms with E-state index >= 15 is 0 Å². The van der Waals surface area contributed by atoms with Crippen molar-refractivity contribution in [3.05, 3.63) is 194 Å². The van der Waals surface area contributed by atoms with Gasteiger partial charge < -0.3 is 79.1 Å². The molecular formula is C90H140NO21PS10. The van der Waals surface area contributed by atoms with Crippen LogP contribution in [-0.4, -0.2) is 106 Å². The first-order chi connectivity index (χ1) is 56.7. The molecule has 9 aromatic heterocycles. The maximum absolute atomic E-state index is 11.4. The van der Waals surface area contributed by atoms with Crippen molar-refractivity contribution in [2.75, 3.05) is 25.6 Å². The van der Waals surface area contributed by atoms with E-state index < -0.39 is 6.10 Å². The van der Waals surface area contributed by atoms with Crippen molar-refractivity contribution in [2.24, 2.45) is 0 Å². The first-order valence-electron chi connectivity index (χ1n) is 40.1. The van der Waals surface area contributed by atoms with Gasteiger partial charge in [-0.1, -0.05) is 70.2 Å². The highest BCUT2D eigenvalue weighted by Gasteiger charge is 2.26. The standard InChI is InChI=1S/C15H22O4S.C13H20O3S.C12H18O2S.C10H14O3S.C10H12O3S.C8H10O2S.C8H10OS.C7H10OS.C5H4OS.2CH4.H3N.H2O.H3P.H2S.H2/c1-3-13(19-15-6-4-5-8-17-15)12-7-9-20-14(12)10-18-11(2)16;1-2-11(10-6-8-17-12(10)9-14)16-13-5-3-4-7-15-13;1-2-11(10-6-8-15-9-10)14-12-5-3-4-7-13-12;2*1-3-9(12)8-4-5-14-10(8)6-13-7(2)11;1-2-7(10)6-3-4-11-8(6)5-9;1-2-7-6-3-4-10-8(6)5-9-7;1-2-7(8)6-3-4-9-5-6;6-3-5-1-2-7-4-5;;;;;;;/h7,9,13,15H,3-6,8,10H2,1-2H3;6,8,11,13-14H,2-5,7,9H2,1H3;6,8-9,11-12H,2-5,7H2,1H3;4-5,9,12H,3,6H2,1-2H3;4-5H,3,6H2,1-2H3;3-4,9H,2,5H2,1H3;5H,2-4H2,1H3;3-5,7-8H,2H2,1H3;1-4H;2*1H4;1H3;1H2;1H3;1H2;1H/i;;;;;;;;;;;;;;;1+2. The van der Waals surface area contributed by atoms with Crippen LogP contribution in [0.3, 0.4) is 0 Å². The number of hydrogen-bond donors (Lipinski definition) is 5. The molecule has 4 aliphatic rings. The Balaban J connectivity index is -0.00000134. The molecule has 0 aliphatic carbocycles. The number of aliphatic hydroxyl groups excluding tert-OH is 4. The van der Waals surface area contributed by atoms with Crippen LogP contribution in [0.2, 0.25) is 0 Å². The van der Waals surface area contributed by atoms with E-state index in [9.17, 15) is 44.1 Å². The average molecular weight is 1930 g/mol. The molecule has 13 heterocycles. The molecule has 0 aromatic carbocycles. The summed E-state index contributed by atoms with van der Waals surface area (Å²) < 4.78 is 55.1. The van der Waals surface area contributed by atoms with Crippen LogP contribution >= 0.6 is 126 Å². The van der Waals surface area contributed by atoms with E-state index in [1.54, 1.807) is 63.5 Å². The molecule has 9 unspecified atom stereocenters. The normalized spacial score (nSPS) is 15.6. The highest BCUT2D eigenvalue weighted by atomic mass is 32.2. The molecule has 0 bridgehead atoms. The third kappa shape index (κ3) is 44.7. The van der Waals surface area contributed by atoms with Crippen molar-refractivity contribution >= 4 is 162 Å². The van der Waals surface area contributed by atoms with Gasteiger partial charge in [-0.25, -0.2) is 0 Å². The molecule has 123 heavy (non-hydrogen) atoms. The maximum atomic E-state index is 11.4. The monoisotopic (exact) mass is 1920 g/mol. The third-order valence-electron chi connectivity index (χ3n) is 18.3. The Kier molecular flexibility index (Phi) is 69.1. The molecule has 3 saturated heterocycles. The minimum Gasteiger partial charge on any atom is -0.468 e. The van der Waals surface area contributed by atoms with E-state index in [0.717, 1.165) is 149 Å². The molecule has 4 aliphatic heterocycles. The zero-order valence-electron chi connectivity index (χ0n) is 71.7. The Morgan fingerprint density at radius 1 is 0.496 bits per heavy atom. The summed E-state index contributed by atoms with van der Waals surface area (Å²) in [5.74, 6) is 1.76. The predicted molar refractivity (Wildman–Crippen MR) is 519 cm³/mol. The Morgan fingerprint density at radius 3 is 1.28 bits per heavy atom. The van der Waals surface area contributed by atoms with Gasteiger partial charge >= 0.3 is 17.9 Å². The van der Waals surface area contributed by atoms with Gasteiger partial charge in [0, 0.05) is 119 Å². The highest BCUT2D eigenvalue weighted by molar-refractivity contribution is 7.99. The number of aliphatic hydroxyl groups is 4. The van der Waals surface area contributed by atoms with E-state index in [4.69, 9.17) is 52.2 Å². The summed E-state index contributed by atoms with van der Waals surface area (Å²) >= 11 is 14.3. The zero-order chi connectivity index (χ0) is 85.1. The maximum Gasteiger partial charge on any atom is 0.302 e. The smallest absolute Gasteiger partial charge is 0.302 e. The number of thiophene rings is 8. The molecule has 9 atom stereocenters. The van der Waals surface area contributed by atoms with Gasteiger partial charge in [0.05, 0.1) is 48.6 Å². The van der Waals surface area contributed by atoms with Crippen LogP contribution in [0.5, 0.6) is 0 Å². The van der Waals surface area contributed by atoms with E-state index in [0.29, 0.717) is 37.0 Å². The molecule has 3 fully saturated rings. The molecular weight excluding hydrogens is 1780 g/mol. The van der Waals surface area contributed by atoms with Crippen LogP contribution in [0, 0.1) is 0 Å². The van der Waals surface area contributed by atoms with Crippen LogP contribution in [0.4, 0.5) is 0 Å². The number of ether oxygens (including phenoxy) is 9. The molecule has 9 aromatic rings. The Labute approximate surface area is 778 Å². The predicted octanol–water partition coefficient (Wildman–Crippen LogP) is 24.5. The second-order valence-electron chi connectivity index (χ2n) is 26.7. The fraction of sp³-hybridized carbons (Fsp3) is 0.533. The van der Waals surface area contributed by atoms with Gasteiger partial charge in [-0.3, -0.25) is 28.8 Å². The lowest BCUT2D eigenvalue weighted by Gasteiger charge is -2.27. The van der Waals surface area contributed by atoms with Gasteiger partial charge in [-0.2, -0.15) is 57.4 Å². The number of fused-ring (bicyclic) bond motifs is 1. The number of aryl methyl sites for hydroxylation is 1. The first-order valence-corrected chi connectivity index (χ1v) is 48.3. The summed E-state index contributed by atoms with van der Waals surface area (Å²) in [5, 5.41) is 58.4. The van der Waals surface area contributed by atoms with Gasteiger partial charge in [0.1, 0.15) is 31.8 Å². The minimum absolute atomic E-state index is 0. The third-order valence-corrected chi connectivity index (χ3v) is 26.0. The second kappa shape index (κ2) is 70.9. The van der Waals surface area contributed by atoms with E-state index in [1.165, 1.54) is 119 Å². The average Bonchev–Trinajstić information content (AvgIpc) is 1.66. The number of carbonyl (C=O) groups is 6. The molecule has 9 N–H and O–H groups in total. The van der Waals surface area contributed by atoms with Crippen LogP contribution in [0.25, 0.3) is 0 Å². The molecule has 0 radical (unpaired) electrons. The van der Waals surface area contributed by atoms with Gasteiger partial charge in [-0.05, 0) is 226 Å². The van der Waals surface area contributed by atoms with Crippen molar-refractivity contribution in [2.45, 2.75) is 294 Å². The fourth-order valence-corrected chi connectivity index (χ4v) is 18.9. The van der Waals surface area contributed by atoms with Crippen LogP contribution in [-0.2, 0) is 103 Å². The lowest BCUT2D eigenvalue weighted by Crippen LogP contribution is -2.24. The van der Waals surface area contributed by atoms with Crippen molar-refractivity contribution in [3.63, 3.8) is 0 Å². The molecule has 33 heteroatoms. The number of Topliss-reactive ketones (excluding diaryl/α,β-unsaturated/α-hetero) is 2. The molecule has 0 saturated carbocycles. The minimum atomic E-state index is -0.452. The summed E-state index contributed by atoms with van der Waals surface area (Å²) in [4.78, 5) is 70.5. The number of ketones is 2. The van der Waals surface area contributed by atoms with Gasteiger partial charge in [0.25, 0.3) is 0 Å². The lowest BCUT2D eigenvalue weighted by atomic mass is 10.1. The Hall–Kier alpha value is -5.05. The second-order valence-corrected chi connectivity index (χ2v) is 35.2. The van der Waals surface area contributed by atoms with E-state index in [1.807, 2.05) is 112 Å². The van der Waals surface area contributed by atoms with E-state index in [-0.39, 0.29) is 150 Å².